The maximum Gasteiger partial charge on any atom is 0.312 e. The lowest BCUT2D eigenvalue weighted by Gasteiger charge is -2.14. The summed E-state index contributed by atoms with van der Waals surface area (Å²) in [4.78, 5) is 35.1. The van der Waals surface area contributed by atoms with Gasteiger partial charge in [-0.1, -0.05) is 42.5 Å². The number of rotatable bonds is 8. The van der Waals surface area contributed by atoms with E-state index in [0.29, 0.717) is 17.5 Å². The molecular formula is C20H22N2O4. The Bertz CT molecular complexity index is 774. The minimum absolute atomic E-state index is 0.0382. The van der Waals surface area contributed by atoms with Crippen molar-refractivity contribution < 1.29 is 19.5 Å². The molecule has 3 N–H and O–H groups in total. The largest absolute Gasteiger partial charge is 0.481 e. The average Bonchev–Trinajstić information content (AvgIpc) is 2.66. The number of hydrogen-bond acceptors (Lipinski definition) is 3. The van der Waals surface area contributed by atoms with E-state index < -0.39 is 11.9 Å². The number of carbonyl (C=O) groups is 3. The number of aliphatic carboxylic acids is 1. The third kappa shape index (κ3) is 5.44. The summed E-state index contributed by atoms with van der Waals surface area (Å²) < 4.78 is 0. The molecule has 0 saturated carbocycles. The molecule has 0 saturated heterocycles. The zero-order valence-electron chi connectivity index (χ0n) is 14.6. The highest BCUT2D eigenvalue weighted by Crippen LogP contribution is 2.15. The van der Waals surface area contributed by atoms with Gasteiger partial charge in [-0.3, -0.25) is 14.4 Å². The molecule has 1 unspecified atom stereocenters. The van der Waals surface area contributed by atoms with Crippen LogP contribution in [0.2, 0.25) is 0 Å². The molecule has 2 rings (SSSR count). The Morgan fingerprint density at radius 2 is 1.77 bits per heavy atom. The molecule has 2 aromatic carbocycles. The van der Waals surface area contributed by atoms with E-state index in [2.05, 4.69) is 10.6 Å². The van der Waals surface area contributed by atoms with Crippen molar-refractivity contribution in [3.8, 4) is 0 Å². The van der Waals surface area contributed by atoms with E-state index in [9.17, 15) is 19.5 Å². The van der Waals surface area contributed by atoms with Crippen LogP contribution in [0.3, 0.4) is 0 Å². The molecule has 0 aromatic heterocycles. The maximum absolute atomic E-state index is 12.1. The van der Waals surface area contributed by atoms with Gasteiger partial charge in [0.15, 0.2) is 0 Å². The van der Waals surface area contributed by atoms with Crippen molar-refractivity contribution in [1.29, 1.82) is 0 Å². The van der Waals surface area contributed by atoms with E-state index in [4.69, 9.17) is 0 Å². The average molecular weight is 354 g/mol. The molecule has 6 nitrogen and oxygen atoms in total. The molecule has 0 radical (unpaired) electrons. The Kier molecular flexibility index (Phi) is 6.91. The summed E-state index contributed by atoms with van der Waals surface area (Å²) >= 11 is 0. The number of carboxylic acid groups (broad SMARTS) is 1. The molecule has 0 bridgehead atoms. The monoisotopic (exact) mass is 354 g/mol. The molecule has 2 amide bonds. The van der Waals surface area contributed by atoms with Crippen LogP contribution in [-0.2, 0) is 16.0 Å². The molecule has 1 atom stereocenters. The molecule has 136 valence electrons. The number of carbonyl (C=O) groups excluding carboxylic acids is 2. The van der Waals surface area contributed by atoms with Gasteiger partial charge in [0, 0.05) is 25.6 Å². The number of aryl methyl sites for hydroxylation is 1. The van der Waals surface area contributed by atoms with Crippen LogP contribution in [0, 0.1) is 0 Å². The second-order valence-electron chi connectivity index (χ2n) is 5.89. The second kappa shape index (κ2) is 9.36. The van der Waals surface area contributed by atoms with Gasteiger partial charge in [0.2, 0.25) is 5.91 Å². The predicted octanol–water partition coefficient (Wildman–Crippen LogP) is 1.96. The van der Waals surface area contributed by atoms with Crippen molar-refractivity contribution in [2.75, 3.05) is 13.6 Å². The molecule has 0 aliphatic carbocycles. The van der Waals surface area contributed by atoms with Gasteiger partial charge < -0.3 is 15.7 Å². The number of benzene rings is 2. The Morgan fingerprint density at radius 1 is 1.04 bits per heavy atom. The number of hydrogen-bond donors (Lipinski definition) is 3. The van der Waals surface area contributed by atoms with Crippen molar-refractivity contribution in [1.82, 2.24) is 10.6 Å². The second-order valence-corrected chi connectivity index (χ2v) is 5.89. The topological polar surface area (TPSA) is 95.5 Å². The van der Waals surface area contributed by atoms with Gasteiger partial charge in [-0.2, -0.15) is 0 Å². The van der Waals surface area contributed by atoms with Crippen molar-refractivity contribution in [2.24, 2.45) is 0 Å². The first-order valence-corrected chi connectivity index (χ1v) is 8.36. The van der Waals surface area contributed by atoms with Gasteiger partial charge in [0.05, 0.1) is 5.92 Å². The quantitative estimate of drug-likeness (QED) is 0.675. The van der Waals surface area contributed by atoms with Gasteiger partial charge in [0.25, 0.3) is 5.91 Å². The first-order valence-electron chi connectivity index (χ1n) is 8.36. The summed E-state index contributed by atoms with van der Waals surface area (Å²) in [5.74, 6) is -2.16. The smallest absolute Gasteiger partial charge is 0.312 e. The fourth-order valence-corrected chi connectivity index (χ4v) is 2.61. The lowest BCUT2D eigenvalue weighted by atomic mass is 9.99. The lowest BCUT2D eigenvalue weighted by molar-refractivity contribution is -0.138. The third-order valence-corrected chi connectivity index (χ3v) is 4.06. The fourth-order valence-electron chi connectivity index (χ4n) is 2.61. The Morgan fingerprint density at radius 3 is 2.42 bits per heavy atom. The number of carboxylic acids is 1. The summed E-state index contributed by atoms with van der Waals surface area (Å²) in [5.41, 5.74) is 2.07. The van der Waals surface area contributed by atoms with Crippen molar-refractivity contribution >= 4 is 17.8 Å². The Balaban J connectivity index is 1.88. The van der Waals surface area contributed by atoms with E-state index in [1.807, 2.05) is 12.1 Å². The van der Waals surface area contributed by atoms with Crippen LogP contribution in [0.1, 0.15) is 33.8 Å². The molecular weight excluding hydrogens is 332 g/mol. The zero-order chi connectivity index (χ0) is 18.9. The van der Waals surface area contributed by atoms with Crippen molar-refractivity contribution in [3.05, 3.63) is 71.3 Å². The van der Waals surface area contributed by atoms with E-state index >= 15 is 0 Å². The highest BCUT2D eigenvalue weighted by molar-refractivity contribution is 5.94. The molecule has 0 aliphatic heterocycles. The van der Waals surface area contributed by atoms with Crippen LogP contribution in [0.4, 0.5) is 0 Å². The van der Waals surface area contributed by atoms with Crippen molar-refractivity contribution in [3.63, 3.8) is 0 Å². The fraction of sp³-hybridized carbons (Fsp3) is 0.250. The first-order chi connectivity index (χ1) is 12.5. The standard InChI is InChI=1S/C20H22N2O4/c1-21-19(24)16-9-5-6-14(12-16)10-11-18(23)22-13-17(20(25)26)15-7-3-2-4-8-15/h2-9,12,17H,10-11,13H2,1H3,(H,21,24)(H,22,23)(H,25,26). The first kappa shape index (κ1) is 19.2. The molecule has 0 heterocycles. The van der Waals surface area contributed by atoms with E-state index in [1.54, 1.807) is 49.5 Å². The third-order valence-electron chi connectivity index (χ3n) is 4.06. The lowest BCUT2D eigenvalue weighted by Crippen LogP contribution is -2.31. The molecule has 0 aliphatic rings. The minimum atomic E-state index is -0.977. The van der Waals surface area contributed by atoms with Gasteiger partial charge in [0.1, 0.15) is 0 Å². The Labute approximate surface area is 152 Å². The molecule has 0 spiro atoms. The van der Waals surface area contributed by atoms with Gasteiger partial charge in [-0.15, -0.1) is 0 Å². The highest BCUT2D eigenvalue weighted by atomic mass is 16.4. The summed E-state index contributed by atoms with van der Waals surface area (Å²) in [7, 11) is 1.56. The van der Waals surface area contributed by atoms with E-state index in [1.165, 1.54) is 0 Å². The number of amides is 2. The van der Waals surface area contributed by atoms with E-state index in [-0.39, 0.29) is 24.8 Å². The number of nitrogens with one attached hydrogen (secondary N) is 2. The summed E-state index contributed by atoms with van der Waals surface area (Å²) in [6, 6.07) is 15.9. The SMILES string of the molecule is CNC(=O)c1cccc(CCC(=O)NCC(C(=O)O)c2ccccc2)c1. The van der Waals surface area contributed by atoms with Crippen LogP contribution in [0.15, 0.2) is 54.6 Å². The Hall–Kier alpha value is -3.15. The predicted molar refractivity (Wildman–Crippen MR) is 98.0 cm³/mol. The van der Waals surface area contributed by atoms with Crippen LogP contribution in [0.25, 0.3) is 0 Å². The van der Waals surface area contributed by atoms with Gasteiger partial charge in [-0.25, -0.2) is 0 Å². The minimum Gasteiger partial charge on any atom is -0.481 e. The summed E-state index contributed by atoms with van der Waals surface area (Å²) in [5, 5.41) is 14.6. The normalized spacial score (nSPS) is 11.4. The molecule has 0 fully saturated rings. The van der Waals surface area contributed by atoms with Crippen molar-refractivity contribution in [2.45, 2.75) is 18.8 Å². The van der Waals surface area contributed by atoms with Crippen LogP contribution >= 0.6 is 0 Å². The zero-order valence-corrected chi connectivity index (χ0v) is 14.6. The van der Waals surface area contributed by atoms with Gasteiger partial charge in [-0.05, 0) is 29.7 Å². The summed E-state index contributed by atoms with van der Waals surface area (Å²) in [6.45, 7) is 0.0382. The molecule has 2 aromatic rings. The van der Waals surface area contributed by atoms with Crippen LogP contribution < -0.4 is 10.6 Å². The van der Waals surface area contributed by atoms with Crippen LogP contribution in [0.5, 0.6) is 0 Å². The summed E-state index contributed by atoms with van der Waals surface area (Å²) in [6.07, 6.45) is 0.693. The maximum atomic E-state index is 12.1. The van der Waals surface area contributed by atoms with E-state index in [0.717, 1.165) is 5.56 Å². The molecule has 26 heavy (non-hydrogen) atoms. The highest BCUT2D eigenvalue weighted by Gasteiger charge is 2.20. The van der Waals surface area contributed by atoms with Crippen LogP contribution in [-0.4, -0.2) is 36.5 Å². The molecule has 6 heteroatoms. The van der Waals surface area contributed by atoms with Gasteiger partial charge >= 0.3 is 5.97 Å².